The summed E-state index contributed by atoms with van der Waals surface area (Å²) in [5.41, 5.74) is 1.29. The quantitative estimate of drug-likeness (QED) is 0.812. The second-order valence-electron chi connectivity index (χ2n) is 4.34. The highest BCUT2D eigenvalue weighted by Gasteiger charge is 2.13. The van der Waals surface area contributed by atoms with Gasteiger partial charge in [0.25, 0.3) is 0 Å². The summed E-state index contributed by atoms with van der Waals surface area (Å²) in [4.78, 5) is 0. The van der Waals surface area contributed by atoms with Crippen LogP contribution in [-0.4, -0.2) is 16.7 Å². The second-order valence-corrected chi connectivity index (χ2v) is 5.44. The Hall–Kier alpha value is -1.26. The van der Waals surface area contributed by atoms with E-state index in [1.165, 1.54) is 5.56 Å². The van der Waals surface area contributed by atoms with Crippen molar-refractivity contribution in [1.29, 1.82) is 0 Å². The minimum absolute atomic E-state index is 0.323. The molecule has 0 amide bonds. The first-order chi connectivity index (χ1) is 8.81. The molecule has 1 aromatic heterocycles. The van der Waals surface area contributed by atoms with E-state index in [0.29, 0.717) is 5.92 Å². The highest BCUT2D eigenvalue weighted by atomic mass is 32.1. The van der Waals surface area contributed by atoms with Gasteiger partial charge >= 0.3 is 0 Å². The minimum Gasteiger partial charge on any atom is -0.310 e. The Balaban J connectivity index is 2.01. The standard InChI is InChI=1S/C14H19N3S/c1-3-9-15-10-13-16-17-14(18-13)11(2)12-7-5-4-6-8-12/h4-8,11,15H,3,9-10H2,1-2H3. The first-order valence-electron chi connectivity index (χ1n) is 6.39. The number of aromatic nitrogens is 2. The summed E-state index contributed by atoms with van der Waals surface area (Å²) in [7, 11) is 0. The van der Waals surface area contributed by atoms with E-state index in [-0.39, 0.29) is 0 Å². The number of nitrogens with one attached hydrogen (secondary N) is 1. The summed E-state index contributed by atoms with van der Waals surface area (Å²) in [6.45, 7) is 6.20. The zero-order valence-corrected chi connectivity index (χ0v) is 11.7. The molecule has 0 aliphatic rings. The lowest BCUT2D eigenvalue weighted by atomic mass is 10.0. The van der Waals surface area contributed by atoms with Crippen molar-refractivity contribution in [1.82, 2.24) is 15.5 Å². The van der Waals surface area contributed by atoms with Crippen LogP contribution >= 0.6 is 11.3 Å². The van der Waals surface area contributed by atoms with Gasteiger partial charge in [0, 0.05) is 12.5 Å². The number of nitrogens with zero attached hydrogens (tertiary/aromatic N) is 2. The molecule has 1 heterocycles. The fraction of sp³-hybridized carbons (Fsp3) is 0.429. The van der Waals surface area contributed by atoms with E-state index in [1.54, 1.807) is 11.3 Å². The lowest BCUT2D eigenvalue weighted by molar-refractivity contribution is 0.667. The van der Waals surface area contributed by atoms with E-state index >= 15 is 0 Å². The molecule has 0 bridgehead atoms. The van der Waals surface area contributed by atoms with Crippen LogP contribution in [-0.2, 0) is 6.54 Å². The maximum atomic E-state index is 4.30. The summed E-state index contributed by atoms with van der Waals surface area (Å²) in [5, 5.41) is 14.1. The monoisotopic (exact) mass is 261 g/mol. The van der Waals surface area contributed by atoms with Crippen molar-refractivity contribution >= 4 is 11.3 Å². The van der Waals surface area contributed by atoms with Gasteiger partial charge in [-0.1, -0.05) is 55.5 Å². The van der Waals surface area contributed by atoms with Crippen LogP contribution < -0.4 is 5.32 Å². The molecule has 0 aliphatic heterocycles. The summed E-state index contributed by atoms with van der Waals surface area (Å²) in [6.07, 6.45) is 1.14. The molecular weight excluding hydrogens is 242 g/mol. The van der Waals surface area contributed by atoms with Crippen molar-refractivity contribution in [3.05, 3.63) is 45.9 Å². The first kappa shape index (κ1) is 13.2. The maximum absolute atomic E-state index is 4.30. The molecule has 1 unspecified atom stereocenters. The molecule has 0 aliphatic carbocycles. The summed E-state index contributed by atoms with van der Waals surface area (Å²) in [6, 6.07) is 10.5. The molecule has 2 rings (SSSR count). The number of benzene rings is 1. The van der Waals surface area contributed by atoms with Crippen LogP contribution in [0.25, 0.3) is 0 Å². The van der Waals surface area contributed by atoms with E-state index in [9.17, 15) is 0 Å². The van der Waals surface area contributed by atoms with Crippen molar-refractivity contribution in [3.8, 4) is 0 Å². The van der Waals surface area contributed by atoms with Gasteiger partial charge in [-0.2, -0.15) is 0 Å². The van der Waals surface area contributed by atoms with Crippen LogP contribution in [0.2, 0.25) is 0 Å². The first-order valence-corrected chi connectivity index (χ1v) is 7.21. The molecule has 2 aromatic rings. The third kappa shape index (κ3) is 3.37. The molecule has 1 aromatic carbocycles. The van der Waals surface area contributed by atoms with Crippen molar-refractivity contribution in [2.24, 2.45) is 0 Å². The third-order valence-electron chi connectivity index (χ3n) is 2.86. The minimum atomic E-state index is 0.323. The predicted molar refractivity (Wildman–Crippen MR) is 75.9 cm³/mol. The van der Waals surface area contributed by atoms with Crippen molar-refractivity contribution in [2.45, 2.75) is 32.7 Å². The molecule has 0 saturated carbocycles. The smallest absolute Gasteiger partial charge is 0.131 e. The Labute approximate surface area is 112 Å². The number of hydrogen-bond acceptors (Lipinski definition) is 4. The Morgan fingerprint density at radius 3 is 2.72 bits per heavy atom. The van der Waals surface area contributed by atoms with Crippen molar-refractivity contribution < 1.29 is 0 Å². The van der Waals surface area contributed by atoms with E-state index in [1.807, 2.05) is 6.07 Å². The van der Waals surface area contributed by atoms with Gasteiger partial charge in [0.15, 0.2) is 0 Å². The summed E-state index contributed by atoms with van der Waals surface area (Å²) >= 11 is 1.70. The van der Waals surface area contributed by atoms with E-state index in [2.05, 4.69) is 53.6 Å². The lowest BCUT2D eigenvalue weighted by Crippen LogP contribution is -2.13. The van der Waals surface area contributed by atoms with Crippen LogP contribution in [0.4, 0.5) is 0 Å². The van der Waals surface area contributed by atoms with Crippen LogP contribution in [0.1, 0.15) is 41.8 Å². The van der Waals surface area contributed by atoms with Crippen LogP contribution in [0, 0.1) is 0 Å². The van der Waals surface area contributed by atoms with Gasteiger partial charge in [-0.25, -0.2) is 0 Å². The van der Waals surface area contributed by atoms with Gasteiger partial charge < -0.3 is 5.32 Å². The zero-order chi connectivity index (χ0) is 12.8. The van der Waals surface area contributed by atoms with Crippen LogP contribution in [0.5, 0.6) is 0 Å². The average molecular weight is 261 g/mol. The third-order valence-corrected chi connectivity index (χ3v) is 3.96. The van der Waals surface area contributed by atoms with Gasteiger partial charge in [-0.05, 0) is 18.5 Å². The fourth-order valence-electron chi connectivity index (χ4n) is 1.77. The lowest BCUT2D eigenvalue weighted by Gasteiger charge is -2.06. The Morgan fingerprint density at radius 1 is 1.22 bits per heavy atom. The van der Waals surface area contributed by atoms with Crippen molar-refractivity contribution in [2.75, 3.05) is 6.54 Å². The molecule has 0 saturated heterocycles. The van der Waals surface area contributed by atoms with Gasteiger partial charge in [0.2, 0.25) is 0 Å². The van der Waals surface area contributed by atoms with Crippen LogP contribution in [0.3, 0.4) is 0 Å². The molecule has 18 heavy (non-hydrogen) atoms. The highest BCUT2D eigenvalue weighted by molar-refractivity contribution is 7.11. The molecule has 0 radical (unpaired) electrons. The normalized spacial score (nSPS) is 12.6. The number of hydrogen-bond donors (Lipinski definition) is 1. The van der Waals surface area contributed by atoms with Gasteiger partial charge in [0.1, 0.15) is 10.0 Å². The summed E-state index contributed by atoms with van der Waals surface area (Å²) < 4.78 is 0. The van der Waals surface area contributed by atoms with Crippen molar-refractivity contribution in [3.63, 3.8) is 0 Å². The molecule has 1 N–H and O–H groups in total. The maximum Gasteiger partial charge on any atom is 0.131 e. The topological polar surface area (TPSA) is 37.8 Å². The summed E-state index contributed by atoms with van der Waals surface area (Å²) in [5.74, 6) is 0.323. The largest absolute Gasteiger partial charge is 0.310 e. The number of rotatable bonds is 6. The molecule has 96 valence electrons. The zero-order valence-electron chi connectivity index (χ0n) is 10.9. The molecule has 0 fully saturated rings. The molecule has 4 heteroatoms. The van der Waals surface area contributed by atoms with Gasteiger partial charge in [-0.15, -0.1) is 10.2 Å². The Morgan fingerprint density at radius 2 is 2.00 bits per heavy atom. The molecule has 0 spiro atoms. The fourth-order valence-corrected chi connectivity index (χ4v) is 2.66. The Bertz CT molecular complexity index is 467. The molecular formula is C14H19N3S. The predicted octanol–water partition coefficient (Wildman–Crippen LogP) is 3.19. The van der Waals surface area contributed by atoms with E-state index < -0.39 is 0 Å². The SMILES string of the molecule is CCCNCc1nnc(C(C)c2ccccc2)s1. The Kier molecular flexibility index (Phi) is 4.84. The molecule has 1 atom stereocenters. The molecule has 3 nitrogen and oxygen atoms in total. The van der Waals surface area contributed by atoms with E-state index in [4.69, 9.17) is 0 Å². The van der Waals surface area contributed by atoms with Gasteiger partial charge in [0.05, 0.1) is 0 Å². The van der Waals surface area contributed by atoms with Crippen LogP contribution in [0.15, 0.2) is 30.3 Å². The van der Waals surface area contributed by atoms with Gasteiger partial charge in [-0.3, -0.25) is 0 Å². The highest BCUT2D eigenvalue weighted by Crippen LogP contribution is 2.26. The van der Waals surface area contributed by atoms with E-state index in [0.717, 1.165) is 29.5 Å². The second kappa shape index (κ2) is 6.61. The average Bonchev–Trinajstić information content (AvgIpc) is 2.88.